The van der Waals surface area contributed by atoms with Gasteiger partial charge in [0.15, 0.2) is 0 Å². The molecule has 0 aliphatic heterocycles. The number of nitrogens with two attached hydrogens (primary N) is 1. The van der Waals surface area contributed by atoms with Crippen LogP contribution in [0.3, 0.4) is 0 Å². The van der Waals surface area contributed by atoms with E-state index in [4.69, 9.17) is 10.2 Å². The zero-order valence-electron chi connectivity index (χ0n) is 9.61. The Balaban J connectivity index is 2.27. The molecule has 5 heteroatoms. The van der Waals surface area contributed by atoms with Crippen LogP contribution in [0.4, 0.5) is 5.69 Å². The molecular weight excluding hydrogens is 282 g/mol. The summed E-state index contributed by atoms with van der Waals surface area (Å²) >= 11 is 3.40. The molecule has 0 aliphatic rings. The molecule has 2 N–H and O–H groups in total. The van der Waals surface area contributed by atoms with E-state index >= 15 is 0 Å². The van der Waals surface area contributed by atoms with E-state index in [0.717, 1.165) is 29.3 Å². The fraction of sp³-hybridized carbons (Fsp3) is 0.333. The number of aryl methyl sites for hydroxylation is 1. The fourth-order valence-electron chi connectivity index (χ4n) is 1.51. The van der Waals surface area contributed by atoms with Crippen LogP contribution in [0.25, 0.3) is 11.5 Å². The lowest BCUT2D eigenvalue weighted by molar-refractivity contribution is 0.496. The average molecular weight is 296 g/mol. The number of hydrogen-bond acceptors (Lipinski definition) is 4. The number of hydrogen-bond donors (Lipinski definition) is 1. The molecule has 1 aromatic carbocycles. The number of nitrogen functional groups attached to an aromatic ring is 1. The van der Waals surface area contributed by atoms with E-state index in [0.29, 0.717) is 17.5 Å². The summed E-state index contributed by atoms with van der Waals surface area (Å²) in [7, 11) is 0. The number of halogens is 1. The lowest BCUT2D eigenvalue weighted by Gasteiger charge is -2.00. The third kappa shape index (κ3) is 2.85. The van der Waals surface area contributed by atoms with Crippen LogP contribution in [0.1, 0.15) is 25.7 Å². The molecule has 90 valence electrons. The minimum Gasteiger partial charge on any atom is -0.421 e. The lowest BCUT2D eigenvalue weighted by Crippen LogP contribution is -1.89. The molecule has 17 heavy (non-hydrogen) atoms. The summed E-state index contributed by atoms with van der Waals surface area (Å²) in [5, 5.41) is 8.04. The summed E-state index contributed by atoms with van der Waals surface area (Å²) in [4.78, 5) is 0. The van der Waals surface area contributed by atoms with Gasteiger partial charge >= 0.3 is 0 Å². The first-order chi connectivity index (χ1) is 8.20. The van der Waals surface area contributed by atoms with E-state index in [1.165, 1.54) is 0 Å². The molecule has 1 heterocycles. The van der Waals surface area contributed by atoms with Crippen molar-refractivity contribution in [3.63, 3.8) is 0 Å². The van der Waals surface area contributed by atoms with Crippen molar-refractivity contribution in [1.29, 1.82) is 0 Å². The average Bonchev–Trinajstić information content (AvgIpc) is 2.78. The van der Waals surface area contributed by atoms with Crippen molar-refractivity contribution < 1.29 is 4.42 Å². The minimum atomic E-state index is 0.481. The molecule has 0 bridgehead atoms. The Morgan fingerprint density at radius 3 is 2.94 bits per heavy atom. The Morgan fingerprint density at radius 1 is 1.35 bits per heavy atom. The zero-order chi connectivity index (χ0) is 12.3. The van der Waals surface area contributed by atoms with Crippen LogP contribution in [-0.4, -0.2) is 10.2 Å². The largest absolute Gasteiger partial charge is 0.421 e. The third-order valence-corrected chi connectivity index (χ3v) is 2.95. The standard InChI is InChI=1S/C12H14BrN3O/c1-2-3-4-11-15-16-12(17-11)9-7-8(13)5-6-10(9)14/h5-7H,2-4,14H2,1H3. The smallest absolute Gasteiger partial charge is 0.249 e. The van der Waals surface area contributed by atoms with Crippen LogP contribution in [-0.2, 0) is 6.42 Å². The van der Waals surface area contributed by atoms with Gasteiger partial charge in [-0.25, -0.2) is 0 Å². The maximum Gasteiger partial charge on any atom is 0.249 e. The van der Waals surface area contributed by atoms with Crippen LogP contribution in [0.15, 0.2) is 27.1 Å². The summed E-state index contributed by atoms with van der Waals surface area (Å²) in [6.07, 6.45) is 2.98. The molecule has 2 aromatic rings. The Hall–Kier alpha value is -1.36. The quantitative estimate of drug-likeness (QED) is 0.878. The van der Waals surface area contributed by atoms with Crippen LogP contribution in [0.5, 0.6) is 0 Å². The normalized spacial score (nSPS) is 10.7. The first-order valence-electron chi connectivity index (χ1n) is 5.58. The van der Waals surface area contributed by atoms with Crippen molar-refractivity contribution in [3.8, 4) is 11.5 Å². The molecule has 0 saturated heterocycles. The van der Waals surface area contributed by atoms with Crippen LogP contribution < -0.4 is 5.73 Å². The van der Waals surface area contributed by atoms with E-state index < -0.39 is 0 Å². The number of rotatable bonds is 4. The summed E-state index contributed by atoms with van der Waals surface area (Å²) in [6.45, 7) is 2.13. The Bertz CT molecular complexity index is 510. The summed E-state index contributed by atoms with van der Waals surface area (Å²) in [5.74, 6) is 1.15. The second-order valence-electron chi connectivity index (χ2n) is 3.84. The number of benzene rings is 1. The van der Waals surface area contributed by atoms with Crippen molar-refractivity contribution >= 4 is 21.6 Å². The predicted octanol–water partition coefficient (Wildman–Crippen LogP) is 3.42. The molecule has 0 fully saturated rings. The molecule has 1 aromatic heterocycles. The molecule has 4 nitrogen and oxygen atoms in total. The van der Waals surface area contributed by atoms with Gasteiger partial charge in [0, 0.05) is 16.6 Å². The predicted molar refractivity (Wildman–Crippen MR) is 70.5 cm³/mol. The molecule has 0 unspecified atom stereocenters. The van der Waals surface area contributed by atoms with Gasteiger partial charge in [0.25, 0.3) is 0 Å². The molecule has 0 radical (unpaired) electrons. The number of nitrogens with zero attached hydrogens (tertiary/aromatic N) is 2. The van der Waals surface area contributed by atoms with Crippen LogP contribution >= 0.6 is 15.9 Å². The molecule has 0 aliphatic carbocycles. The van der Waals surface area contributed by atoms with Crippen molar-refractivity contribution in [2.24, 2.45) is 0 Å². The number of unbranched alkanes of at least 4 members (excludes halogenated alkanes) is 1. The highest BCUT2D eigenvalue weighted by molar-refractivity contribution is 9.10. The third-order valence-electron chi connectivity index (χ3n) is 2.46. The zero-order valence-corrected chi connectivity index (χ0v) is 11.2. The summed E-state index contributed by atoms with van der Waals surface area (Å²) in [5.41, 5.74) is 7.29. The van der Waals surface area contributed by atoms with E-state index in [-0.39, 0.29) is 0 Å². The number of anilines is 1. The van der Waals surface area contributed by atoms with E-state index in [1.54, 1.807) is 0 Å². The Kier molecular flexibility index (Phi) is 3.78. The van der Waals surface area contributed by atoms with Crippen LogP contribution in [0.2, 0.25) is 0 Å². The SMILES string of the molecule is CCCCc1nnc(-c2cc(Br)ccc2N)o1. The number of aromatic nitrogens is 2. The Morgan fingerprint density at radius 2 is 2.18 bits per heavy atom. The van der Waals surface area contributed by atoms with E-state index in [2.05, 4.69) is 33.1 Å². The highest BCUT2D eigenvalue weighted by atomic mass is 79.9. The second-order valence-corrected chi connectivity index (χ2v) is 4.75. The van der Waals surface area contributed by atoms with Gasteiger partial charge in [0.2, 0.25) is 11.8 Å². The van der Waals surface area contributed by atoms with Gasteiger partial charge in [-0.1, -0.05) is 29.3 Å². The van der Waals surface area contributed by atoms with Crippen molar-refractivity contribution in [1.82, 2.24) is 10.2 Å². The molecule has 0 amide bonds. The van der Waals surface area contributed by atoms with E-state index in [1.807, 2.05) is 18.2 Å². The Labute approximate surface area is 108 Å². The van der Waals surface area contributed by atoms with Gasteiger partial charge in [0.1, 0.15) is 0 Å². The van der Waals surface area contributed by atoms with Crippen molar-refractivity contribution in [2.75, 3.05) is 5.73 Å². The summed E-state index contributed by atoms with van der Waals surface area (Å²) in [6, 6.07) is 5.58. The van der Waals surface area contributed by atoms with Gasteiger partial charge in [-0.05, 0) is 24.6 Å². The fourth-order valence-corrected chi connectivity index (χ4v) is 1.87. The maximum atomic E-state index is 5.88. The van der Waals surface area contributed by atoms with Gasteiger partial charge < -0.3 is 10.2 Å². The highest BCUT2D eigenvalue weighted by Gasteiger charge is 2.11. The maximum absolute atomic E-state index is 5.88. The van der Waals surface area contributed by atoms with Crippen molar-refractivity contribution in [2.45, 2.75) is 26.2 Å². The minimum absolute atomic E-state index is 0.481. The molecule has 2 rings (SSSR count). The topological polar surface area (TPSA) is 64.9 Å². The molecule has 0 atom stereocenters. The second kappa shape index (κ2) is 5.31. The van der Waals surface area contributed by atoms with Crippen molar-refractivity contribution in [3.05, 3.63) is 28.6 Å². The van der Waals surface area contributed by atoms with E-state index in [9.17, 15) is 0 Å². The summed E-state index contributed by atoms with van der Waals surface area (Å²) < 4.78 is 6.52. The van der Waals surface area contributed by atoms with Gasteiger partial charge in [-0.15, -0.1) is 10.2 Å². The molecule has 0 saturated carbocycles. The first-order valence-corrected chi connectivity index (χ1v) is 6.37. The lowest BCUT2D eigenvalue weighted by atomic mass is 10.2. The highest BCUT2D eigenvalue weighted by Crippen LogP contribution is 2.28. The first kappa shape index (κ1) is 12.1. The van der Waals surface area contributed by atoms with Gasteiger partial charge in [0.05, 0.1) is 5.56 Å². The molecular formula is C12H14BrN3O. The van der Waals surface area contributed by atoms with Gasteiger partial charge in [-0.2, -0.15) is 0 Å². The monoisotopic (exact) mass is 295 g/mol. The molecule has 0 spiro atoms. The van der Waals surface area contributed by atoms with Crippen LogP contribution in [0, 0.1) is 0 Å². The van der Waals surface area contributed by atoms with Gasteiger partial charge in [-0.3, -0.25) is 0 Å².